The maximum Gasteiger partial charge on any atom is 0.324 e. The lowest BCUT2D eigenvalue weighted by Crippen LogP contribution is -2.48. The lowest BCUT2D eigenvalue weighted by atomic mass is 9.92. The smallest absolute Gasteiger partial charge is 0.324 e. The van der Waals surface area contributed by atoms with Crippen molar-refractivity contribution >= 4 is 17.5 Å². The highest BCUT2D eigenvalue weighted by molar-refractivity contribution is 5.93. The number of carbonyl (C=O) groups excluding carboxylic acids is 1. The highest BCUT2D eigenvalue weighted by Gasteiger charge is 2.32. The molecule has 0 unspecified atom stereocenters. The van der Waals surface area contributed by atoms with Crippen molar-refractivity contribution in [2.75, 3.05) is 43.0 Å². The monoisotopic (exact) mass is 355 g/mol. The van der Waals surface area contributed by atoms with Crippen LogP contribution in [0.2, 0.25) is 0 Å². The van der Waals surface area contributed by atoms with E-state index in [-0.39, 0.29) is 11.4 Å². The lowest BCUT2D eigenvalue weighted by molar-refractivity contribution is 0.229. The van der Waals surface area contributed by atoms with Gasteiger partial charge in [-0.05, 0) is 12.1 Å². The predicted octanol–water partition coefficient (Wildman–Crippen LogP) is 1.90. The number of aromatic nitrogens is 4. The van der Waals surface area contributed by atoms with E-state index in [2.05, 4.69) is 47.0 Å². The summed E-state index contributed by atoms with van der Waals surface area (Å²) in [5.41, 5.74) is 1.87. The number of hydrogen-bond donors (Lipinski definition) is 0. The van der Waals surface area contributed by atoms with E-state index in [9.17, 15) is 4.79 Å². The number of anilines is 2. The molecule has 0 N–H and O–H groups in total. The fourth-order valence-corrected chi connectivity index (χ4v) is 3.26. The zero-order chi connectivity index (χ0) is 18.5. The lowest BCUT2D eigenvalue weighted by Gasteiger charge is -2.39. The van der Waals surface area contributed by atoms with Crippen LogP contribution in [0.3, 0.4) is 0 Å². The Morgan fingerprint density at radius 1 is 1.12 bits per heavy atom. The van der Waals surface area contributed by atoms with Crippen molar-refractivity contribution in [1.82, 2.24) is 24.9 Å². The van der Waals surface area contributed by atoms with E-state index in [1.54, 1.807) is 16.0 Å². The summed E-state index contributed by atoms with van der Waals surface area (Å²) >= 11 is 0. The Morgan fingerprint density at radius 2 is 1.88 bits per heavy atom. The average Bonchev–Trinajstić information content (AvgIpc) is 3.14. The Bertz CT molecular complexity index is 802. The van der Waals surface area contributed by atoms with Gasteiger partial charge < -0.3 is 9.80 Å². The van der Waals surface area contributed by atoms with Crippen LogP contribution in [0.25, 0.3) is 0 Å². The standard InChI is InChI=1S/C18H25N7O/c1-18(2,3)15-5-6-16(21-20-15)23-10-14(11-23)25-12-13(9-19-25)24-8-7-22(4)17(24)26/h5-6,9,12,14H,7-8,10-11H2,1-4H3. The fourth-order valence-electron chi connectivity index (χ4n) is 3.26. The van der Waals surface area contributed by atoms with Crippen LogP contribution in [0.1, 0.15) is 32.5 Å². The molecule has 8 nitrogen and oxygen atoms in total. The SMILES string of the molecule is CN1CCN(c2cnn(C3CN(c4ccc(C(C)(C)C)nn4)C3)c2)C1=O. The first-order valence-electron chi connectivity index (χ1n) is 8.99. The van der Waals surface area contributed by atoms with Gasteiger partial charge in [0.25, 0.3) is 0 Å². The van der Waals surface area contributed by atoms with Gasteiger partial charge in [-0.25, -0.2) is 4.79 Å². The molecule has 2 aliphatic heterocycles. The van der Waals surface area contributed by atoms with Gasteiger partial charge in [0.1, 0.15) is 0 Å². The first kappa shape index (κ1) is 16.8. The third kappa shape index (κ3) is 2.89. The molecular weight excluding hydrogens is 330 g/mol. The largest absolute Gasteiger partial charge is 0.351 e. The fraction of sp³-hybridized carbons (Fsp3) is 0.556. The number of amides is 2. The minimum atomic E-state index is 0.00947. The highest BCUT2D eigenvalue weighted by Crippen LogP contribution is 2.29. The van der Waals surface area contributed by atoms with Crippen molar-refractivity contribution in [2.24, 2.45) is 0 Å². The molecule has 2 aromatic rings. The van der Waals surface area contributed by atoms with Gasteiger partial charge in [0, 0.05) is 44.8 Å². The van der Waals surface area contributed by atoms with E-state index in [1.807, 2.05) is 24.0 Å². The first-order chi connectivity index (χ1) is 12.3. The number of likely N-dealkylation sites (N-methyl/N-ethyl adjacent to an activating group) is 1. The molecule has 8 heteroatoms. The summed E-state index contributed by atoms with van der Waals surface area (Å²) in [5, 5.41) is 13.2. The number of hydrogen-bond acceptors (Lipinski definition) is 5. The molecule has 0 atom stereocenters. The Morgan fingerprint density at radius 3 is 2.46 bits per heavy atom. The van der Waals surface area contributed by atoms with Gasteiger partial charge in [-0.15, -0.1) is 5.10 Å². The summed E-state index contributed by atoms with van der Waals surface area (Å²) in [6.07, 6.45) is 3.74. The molecule has 2 aromatic heterocycles. The number of urea groups is 1. The molecule has 0 spiro atoms. The van der Waals surface area contributed by atoms with E-state index >= 15 is 0 Å². The zero-order valence-electron chi connectivity index (χ0n) is 15.8. The van der Waals surface area contributed by atoms with E-state index in [0.29, 0.717) is 12.6 Å². The molecule has 0 bridgehead atoms. The summed E-state index contributed by atoms with van der Waals surface area (Å²) in [7, 11) is 1.82. The van der Waals surface area contributed by atoms with Crippen LogP contribution in [-0.2, 0) is 5.41 Å². The molecular formula is C18H25N7O. The van der Waals surface area contributed by atoms with Crippen molar-refractivity contribution in [3.63, 3.8) is 0 Å². The molecule has 2 amide bonds. The molecule has 26 heavy (non-hydrogen) atoms. The van der Waals surface area contributed by atoms with Gasteiger partial charge in [0.05, 0.1) is 23.6 Å². The third-order valence-electron chi connectivity index (χ3n) is 5.10. The Labute approximate surface area is 153 Å². The molecule has 2 aliphatic rings. The molecule has 0 saturated carbocycles. The quantitative estimate of drug-likeness (QED) is 0.841. The van der Waals surface area contributed by atoms with Crippen LogP contribution in [-0.4, -0.2) is 64.1 Å². The maximum absolute atomic E-state index is 12.1. The van der Waals surface area contributed by atoms with Crippen molar-refractivity contribution in [1.29, 1.82) is 0 Å². The van der Waals surface area contributed by atoms with E-state index in [4.69, 9.17) is 0 Å². The van der Waals surface area contributed by atoms with E-state index < -0.39 is 0 Å². The third-order valence-corrected chi connectivity index (χ3v) is 5.10. The minimum Gasteiger partial charge on any atom is -0.351 e. The normalized spacial score (nSPS) is 18.6. The summed E-state index contributed by atoms with van der Waals surface area (Å²) in [6.45, 7) is 9.56. The predicted molar refractivity (Wildman–Crippen MR) is 99.6 cm³/mol. The van der Waals surface area contributed by atoms with Crippen LogP contribution < -0.4 is 9.80 Å². The zero-order valence-corrected chi connectivity index (χ0v) is 15.8. The second-order valence-corrected chi connectivity index (χ2v) is 8.12. The van der Waals surface area contributed by atoms with Crippen LogP contribution in [0.5, 0.6) is 0 Å². The van der Waals surface area contributed by atoms with Gasteiger partial charge in [-0.1, -0.05) is 20.8 Å². The first-order valence-corrected chi connectivity index (χ1v) is 8.99. The van der Waals surface area contributed by atoms with Crippen LogP contribution in [0.4, 0.5) is 16.3 Å². The molecule has 138 valence electrons. The van der Waals surface area contributed by atoms with Crippen molar-refractivity contribution in [2.45, 2.75) is 32.2 Å². The van der Waals surface area contributed by atoms with Gasteiger partial charge in [0.2, 0.25) is 0 Å². The van der Waals surface area contributed by atoms with Gasteiger partial charge in [-0.3, -0.25) is 9.58 Å². The van der Waals surface area contributed by atoms with Gasteiger partial charge in [0.15, 0.2) is 5.82 Å². The summed E-state index contributed by atoms with van der Waals surface area (Å²) in [6, 6.07) is 4.42. The summed E-state index contributed by atoms with van der Waals surface area (Å²) in [4.78, 5) is 17.8. The highest BCUT2D eigenvalue weighted by atomic mass is 16.2. The van der Waals surface area contributed by atoms with E-state index in [0.717, 1.165) is 36.8 Å². The molecule has 2 fully saturated rings. The van der Waals surface area contributed by atoms with Gasteiger partial charge >= 0.3 is 6.03 Å². The van der Waals surface area contributed by atoms with Crippen LogP contribution in [0.15, 0.2) is 24.5 Å². The van der Waals surface area contributed by atoms with Crippen LogP contribution >= 0.6 is 0 Å². The van der Waals surface area contributed by atoms with Crippen LogP contribution in [0, 0.1) is 0 Å². The molecule has 0 radical (unpaired) electrons. The molecule has 2 saturated heterocycles. The minimum absolute atomic E-state index is 0.00947. The molecule has 0 aliphatic carbocycles. The molecule has 4 rings (SSSR count). The summed E-state index contributed by atoms with van der Waals surface area (Å²) in [5.74, 6) is 0.901. The van der Waals surface area contributed by atoms with Crippen molar-refractivity contribution < 1.29 is 4.79 Å². The Balaban J connectivity index is 1.39. The van der Waals surface area contributed by atoms with Crippen molar-refractivity contribution in [3.05, 3.63) is 30.2 Å². The topological polar surface area (TPSA) is 70.4 Å². The second-order valence-electron chi connectivity index (χ2n) is 8.12. The second kappa shape index (κ2) is 5.96. The van der Waals surface area contributed by atoms with Gasteiger partial charge in [-0.2, -0.15) is 10.2 Å². The van der Waals surface area contributed by atoms with Crippen molar-refractivity contribution in [3.8, 4) is 0 Å². The number of nitrogens with zero attached hydrogens (tertiary/aromatic N) is 7. The molecule has 0 aromatic carbocycles. The maximum atomic E-state index is 12.1. The number of carbonyl (C=O) groups is 1. The molecule has 4 heterocycles. The number of rotatable bonds is 3. The average molecular weight is 355 g/mol. The summed E-state index contributed by atoms with van der Waals surface area (Å²) < 4.78 is 1.95. The Kier molecular flexibility index (Phi) is 3.86. The Hall–Kier alpha value is -2.64. The van der Waals surface area contributed by atoms with E-state index in [1.165, 1.54) is 0 Å².